The maximum absolute atomic E-state index is 2.42. The molecule has 6 bridgehead atoms. The molecule has 0 amide bonds. The average Bonchev–Trinajstić information content (AvgIpc) is 3.50. The molecule has 9 aromatic rings. The normalized spacial score (nSPS) is 12.0. The van der Waals surface area contributed by atoms with Crippen molar-refractivity contribution in [2.75, 3.05) is 4.90 Å². The molecule has 11 rings (SSSR count). The molecule has 232 valence electrons. The van der Waals surface area contributed by atoms with E-state index in [0.29, 0.717) is 0 Å². The van der Waals surface area contributed by atoms with Crippen LogP contribution in [0.1, 0.15) is 0 Å². The first-order valence-electron chi connectivity index (χ1n) is 17.2. The summed E-state index contributed by atoms with van der Waals surface area (Å²) < 4.78 is 2.64. The van der Waals surface area contributed by atoms with E-state index in [-0.39, 0.29) is 0 Å². The Kier molecular flexibility index (Phi) is 5.89. The number of nitrogens with zero attached hydrogens (tertiary/aromatic N) is 1. The summed E-state index contributed by atoms with van der Waals surface area (Å²) in [6.07, 6.45) is 0. The molecule has 2 aliphatic rings. The van der Waals surface area contributed by atoms with Crippen LogP contribution in [0.15, 0.2) is 176 Å². The summed E-state index contributed by atoms with van der Waals surface area (Å²) in [6, 6.07) is 65.0. The molecule has 0 fully saturated rings. The van der Waals surface area contributed by atoms with E-state index >= 15 is 0 Å². The SMILES string of the molecule is c1ccc(N(c2ccc(-c3ccc4c(c3)-c3c5cccc3-c3cccc-4c3-c3ccccc3-5)cc2)c2ccc3sc4ccccc4c3c2)cc1. The second-order valence-corrected chi connectivity index (χ2v) is 14.3. The van der Waals surface area contributed by atoms with Gasteiger partial charge in [-0.2, -0.15) is 0 Å². The summed E-state index contributed by atoms with van der Waals surface area (Å²) in [5.41, 5.74) is 19.0. The number of thiophene rings is 1. The minimum Gasteiger partial charge on any atom is -0.310 e. The highest BCUT2D eigenvalue weighted by atomic mass is 32.1. The monoisotopic (exact) mass is 651 g/mol. The standard InChI is InChI=1S/C48H29NS/c1-2-10-32(11-3-1)49(34-25-27-46-43(29-34)37-13-6-7-19-45(37)50-46)33-23-20-30(21-24-33)31-22-26-36-40-16-9-17-41-42-18-8-15-39(48(42)44(36)28-31)35-12-4-5-14-38(35)47(40)41/h1-29H. The first-order valence-corrected chi connectivity index (χ1v) is 18.0. The van der Waals surface area contributed by atoms with Crippen LogP contribution < -0.4 is 4.90 Å². The van der Waals surface area contributed by atoms with Crippen molar-refractivity contribution in [3.63, 3.8) is 0 Å². The van der Waals surface area contributed by atoms with Crippen molar-refractivity contribution in [1.82, 2.24) is 0 Å². The van der Waals surface area contributed by atoms with Gasteiger partial charge in [0.1, 0.15) is 0 Å². The van der Waals surface area contributed by atoms with E-state index in [9.17, 15) is 0 Å². The number of benzene rings is 8. The van der Waals surface area contributed by atoms with Gasteiger partial charge in [-0.1, -0.05) is 121 Å². The summed E-state index contributed by atoms with van der Waals surface area (Å²) in [5.74, 6) is 0. The van der Waals surface area contributed by atoms with Gasteiger partial charge in [0.25, 0.3) is 0 Å². The zero-order valence-corrected chi connectivity index (χ0v) is 27.9. The van der Waals surface area contributed by atoms with Crippen LogP contribution in [-0.4, -0.2) is 0 Å². The molecule has 0 saturated carbocycles. The second-order valence-electron chi connectivity index (χ2n) is 13.3. The molecule has 0 aliphatic heterocycles. The van der Waals surface area contributed by atoms with Gasteiger partial charge in [-0.05, 0) is 121 Å². The van der Waals surface area contributed by atoms with Crippen LogP contribution in [0.2, 0.25) is 0 Å². The van der Waals surface area contributed by atoms with E-state index in [0.717, 1.165) is 17.1 Å². The summed E-state index contributed by atoms with van der Waals surface area (Å²) in [4.78, 5) is 2.37. The van der Waals surface area contributed by atoms with Crippen LogP contribution in [0.25, 0.3) is 86.9 Å². The lowest BCUT2D eigenvalue weighted by Gasteiger charge is -2.26. The Morgan fingerprint density at radius 3 is 1.62 bits per heavy atom. The third kappa shape index (κ3) is 4.00. The van der Waals surface area contributed by atoms with Crippen molar-refractivity contribution in [1.29, 1.82) is 0 Å². The summed E-state index contributed by atoms with van der Waals surface area (Å²) >= 11 is 1.86. The minimum atomic E-state index is 1.13. The fourth-order valence-corrected chi connectivity index (χ4v) is 9.45. The molecule has 1 aromatic heterocycles. The van der Waals surface area contributed by atoms with Gasteiger partial charge in [-0.15, -0.1) is 11.3 Å². The average molecular weight is 652 g/mol. The molecule has 1 nitrogen and oxygen atoms in total. The van der Waals surface area contributed by atoms with E-state index in [1.165, 1.54) is 86.9 Å². The Labute approximate surface area is 295 Å². The van der Waals surface area contributed by atoms with E-state index in [1.807, 2.05) is 11.3 Å². The predicted octanol–water partition coefficient (Wildman–Crippen LogP) is 14.2. The smallest absolute Gasteiger partial charge is 0.0468 e. The molecule has 2 heteroatoms. The highest BCUT2D eigenvalue weighted by Crippen LogP contribution is 2.57. The van der Waals surface area contributed by atoms with Crippen LogP contribution in [0, 0.1) is 0 Å². The van der Waals surface area contributed by atoms with Crippen molar-refractivity contribution in [3.05, 3.63) is 176 Å². The van der Waals surface area contributed by atoms with Crippen molar-refractivity contribution in [2.45, 2.75) is 0 Å². The molecule has 0 N–H and O–H groups in total. The van der Waals surface area contributed by atoms with Crippen LogP contribution in [0.3, 0.4) is 0 Å². The highest BCUT2D eigenvalue weighted by molar-refractivity contribution is 7.25. The van der Waals surface area contributed by atoms with Crippen molar-refractivity contribution >= 4 is 48.6 Å². The highest BCUT2D eigenvalue weighted by Gasteiger charge is 2.30. The van der Waals surface area contributed by atoms with Crippen molar-refractivity contribution in [2.24, 2.45) is 0 Å². The lowest BCUT2D eigenvalue weighted by molar-refractivity contribution is 1.29. The Hall–Kier alpha value is -6.22. The molecule has 0 saturated heterocycles. The largest absolute Gasteiger partial charge is 0.310 e. The first-order chi connectivity index (χ1) is 24.8. The Morgan fingerprint density at radius 2 is 0.840 bits per heavy atom. The molecular weight excluding hydrogens is 623 g/mol. The molecular formula is C48H29NS. The first kappa shape index (κ1) is 27.7. The number of para-hydroxylation sites is 1. The third-order valence-corrected chi connectivity index (χ3v) is 11.7. The molecule has 50 heavy (non-hydrogen) atoms. The Balaban J connectivity index is 1.05. The van der Waals surface area contributed by atoms with E-state index < -0.39 is 0 Å². The van der Waals surface area contributed by atoms with Crippen LogP contribution in [0.4, 0.5) is 17.1 Å². The molecule has 0 unspecified atom stereocenters. The summed E-state index contributed by atoms with van der Waals surface area (Å²) in [6.45, 7) is 0. The molecule has 0 radical (unpaired) electrons. The number of rotatable bonds is 4. The second kappa shape index (κ2) is 10.6. The molecule has 2 aliphatic carbocycles. The molecule has 0 atom stereocenters. The van der Waals surface area contributed by atoms with Gasteiger partial charge in [0.15, 0.2) is 0 Å². The maximum Gasteiger partial charge on any atom is 0.0468 e. The molecule has 0 spiro atoms. The van der Waals surface area contributed by atoms with Gasteiger partial charge in [-0.25, -0.2) is 0 Å². The predicted molar refractivity (Wildman–Crippen MR) is 214 cm³/mol. The third-order valence-electron chi connectivity index (χ3n) is 10.6. The molecule has 1 heterocycles. The van der Waals surface area contributed by atoms with Gasteiger partial charge < -0.3 is 4.90 Å². The van der Waals surface area contributed by atoms with Crippen molar-refractivity contribution in [3.8, 4) is 66.8 Å². The topological polar surface area (TPSA) is 3.24 Å². The van der Waals surface area contributed by atoms with Gasteiger partial charge in [0.05, 0.1) is 0 Å². The van der Waals surface area contributed by atoms with Crippen LogP contribution >= 0.6 is 11.3 Å². The molecule has 8 aromatic carbocycles. The number of fused-ring (bicyclic) bond motifs is 7. The van der Waals surface area contributed by atoms with E-state index in [2.05, 4.69) is 181 Å². The lowest BCUT2D eigenvalue weighted by atomic mass is 9.83. The maximum atomic E-state index is 2.42. The quantitative estimate of drug-likeness (QED) is 0.183. The van der Waals surface area contributed by atoms with E-state index in [1.54, 1.807) is 0 Å². The van der Waals surface area contributed by atoms with Gasteiger partial charge in [-0.3, -0.25) is 0 Å². The summed E-state index contributed by atoms with van der Waals surface area (Å²) in [5, 5.41) is 2.61. The van der Waals surface area contributed by atoms with Crippen LogP contribution in [-0.2, 0) is 0 Å². The fourth-order valence-electron chi connectivity index (χ4n) is 8.36. The number of anilines is 3. The number of hydrogen-bond donors (Lipinski definition) is 0. The zero-order chi connectivity index (χ0) is 32.8. The Bertz CT molecular complexity index is 2780. The van der Waals surface area contributed by atoms with Gasteiger partial charge in [0.2, 0.25) is 0 Å². The lowest BCUT2D eigenvalue weighted by Crippen LogP contribution is -2.09. The fraction of sp³-hybridized carbons (Fsp3) is 0. The van der Waals surface area contributed by atoms with Crippen molar-refractivity contribution < 1.29 is 0 Å². The minimum absolute atomic E-state index is 1.13. The Morgan fingerprint density at radius 1 is 0.300 bits per heavy atom. The van der Waals surface area contributed by atoms with Crippen LogP contribution in [0.5, 0.6) is 0 Å². The van der Waals surface area contributed by atoms with E-state index in [4.69, 9.17) is 0 Å². The van der Waals surface area contributed by atoms with Gasteiger partial charge in [0, 0.05) is 37.2 Å². The zero-order valence-electron chi connectivity index (χ0n) is 27.1. The number of hydrogen-bond acceptors (Lipinski definition) is 2. The van der Waals surface area contributed by atoms with Gasteiger partial charge >= 0.3 is 0 Å². The summed E-state index contributed by atoms with van der Waals surface area (Å²) in [7, 11) is 0.